The molecule has 1 aromatic carbocycles. The van der Waals surface area contributed by atoms with Crippen LogP contribution in [0.15, 0.2) is 28.8 Å². The molecule has 2 aromatic heterocycles. The van der Waals surface area contributed by atoms with E-state index < -0.39 is 0 Å². The zero-order valence-corrected chi connectivity index (χ0v) is 18.8. The van der Waals surface area contributed by atoms with E-state index in [0.717, 1.165) is 79.1 Å². The monoisotopic (exact) mass is 441 g/mol. The van der Waals surface area contributed by atoms with Crippen molar-refractivity contribution in [1.82, 2.24) is 24.8 Å². The van der Waals surface area contributed by atoms with Gasteiger partial charge in [-0.15, -0.1) is 10.2 Å². The van der Waals surface area contributed by atoms with Crippen LogP contribution in [0.1, 0.15) is 66.2 Å². The summed E-state index contributed by atoms with van der Waals surface area (Å²) in [6.07, 6.45) is 4.33. The van der Waals surface area contributed by atoms with E-state index in [2.05, 4.69) is 43.0 Å². The second-order valence-electron chi connectivity index (χ2n) is 8.70. The molecule has 7 nitrogen and oxygen atoms in total. The lowest BCUT2D eigenvalue weighted by Crippen LogP contribution is -2.26. The number of rotatable bonds is 5. The maximum atomic E-state index is 6.35. The highest BCUT2D eigenvalue weighted by Crippen LogP contribution is 2.41. The Labute approximate surface area is 187 Å². The van der Waals surface area contributed by atoms with Crippen LogP contribution in [0.5, 0.6) is 0 Å². The molecule has 1 aliphatic heterocycles. The molecule has 3 heterocycles. The Balaban J connectivity index is 1.43. The Morgan fingerprint density at radius 3 is 2.65 bits per heavy atom. The number of aryl methyl sites for hydroxylation is 1. The standard InChI is InChI=1S/C23H28ClN5O2/c1-15-11-20(27-31-15)16-3-5-17(6-4-16)23-26-25-22-14-28(9-10-30-2)13-18-12-19(24)7-8-21(18)29(22)23/h7-8,11-12,16-17H,3-6,9-10,13-14H2,1-2H3/t16-,17-. The first-order valence-electron chi connectivity index (χ1n) is 11.0. The Kier molecular flexibility index (Phi) is 5.82. The zero-order valence-electron chi connectivity index (χ0n) is 18.1. The van der Waals surface area contributed by atoms with Crippen LogP contribution in [-0.2, 0) is 17.8 Å². The molecular weight excluding hydrogens is 414 g/mol. The Bertz CT molecular complexity index is 1050. The summed E-state index contributed by atoms with van der Waals surface area (Å²) in [7, 11) is 1.74. The number of ether oxygens (including phenoxy) is 1. The second kappa shape index (κ2) is 8.73. The van der Waals surface area contributed by atoms with Crippen LogP contribution >= 0.6 is 11.6 Å². The Morgan fingerprint density at radius 2 is 1.90 bits per heavy atom. The molecular formula is C23H28ClN5O2. The van der Waals surface area contributed by atoms with Crippen LogP contribution in [0, 0.1) is 6.92 Å². The molecule has 0 radical (unpaired) electrons. The van der Waals surface area contributed by atoms with Gasteiger partial charge in [0.15, 0.2) is 5.82 Å². The lowest BCUT2D eigenvalue weighted by atomic mass is 9.80. The number of fused-ring (bicyclic) bond motifs is 3. The van der Waals surface area contributed by atoms with Crippen molar-refractivity contribution in [2.24, 2.45) is 0 Å². The lowest BCUT2D eigenvalue weighted by Gasteiger charge is -2.27. The van der Waals surface area contributed by atoms with E-state index in [1.807, 2.05) is 13.0 Å². The number of methoxy groups -OCH3 is 1. The van der Waals surface area contributed by atoms with E-state index in [9.17, 15) is 0 Å². The van der Waals surface area contributed by atoms with Gasteiger partial charge in [0, 0.05) is 43.1 Å². The quantitative estimate of drug-likeness (QED) is 0.575. The maximum absolute atomic E-state index is 6.35. The molecule has 1 fully saturated rings. The van der Waals surface area contributed by atoms with Crippen molar-refractivity contribution in [2.45, 2.75) is 57.5 Å². The van der Waals surface area contributed by atoms with Crippen LogP contribution in [-0.4, -0.2) is 45.1 Å². The van der Waals surface area contributed by atoms with Crippen molar-refractivity contribution in [2.75, 3.05) is 20.3 Å². The molecule has 1 saturated carbocycles. The molecule has 0 N–H and O–H groups in total. The first-order valence-corrected chi connectivity index (χ1v) is 11.4. The average molecular weight is 442 g/mol. The molecule has 31 heavy (non-hydrogen) atoms. The van der Waals surface area contributed by atoms with Crippen molar-refractivity contribution in [3.8, 4) is 5.69 Å². The first-order chi connectivity index (χ1) is 15.1. The Hall–Kier alpha value is -2.22. The van der Waals surface area contributed by atoms with Gasteiger partial charge in [-0.2, -0.15) is 0 Å². The number of halogens is 1. The number of hydrogen-bond donors (Lipinski definition) is 0. The predicted octanol–water partition coefficient (Wildman–Crippen LogP) is 4.62. The van der Waals surface area contributed by atoms with Crippen LogP contribution in [0.3, 0.4) is 0 Å². The summed E-state index contributed by atoms with van der Waals surface area (Å²) in [5.41, 5.74) is 3.44. The molecule has 2 aliphatic rings. The van der Waals surface area contributed by atoms with Gasteiger partial charge in [-0.05, 0) is 56.4 Å². The third-order valence-electron chi connectivity index (χ3n) is 6.56. The summed E-state index contributed by atoms with van der Waals surface area (Å²) in [6, 6.07) is 8.21. The molecule has 3 aromatic rings. The van der Waals surface area contributed by atoms with Gasteiger partial charge >= 0.3 is 0 Å². The molecule has 8 heteroatoms. The topological polar surface area (TPSA) is 69.2 Å². The fraction of sp³-hybridized carbons (Fsp3) is 0.522. The minimum Gasteiger partial charge on any atom is -0.383 e. The summed E-state index contributed by atoms with van der Waals surface area (Å²) in [6.45, 7) is 5.04. The normalized spacial score (nSPS) is 21.5. The van der Waals surface area contributed by atoms with E-state index in [1.54, 1.807) is 7.11 Å². The number of aromatic nitrogens is 4. The highest BCUT2D eigenvalue weighted by Gasteiger charge is 2.31. The third kappa shape index (κ3) is 4.14. The molecule has 0 atom stereocenters. The zero-order chi connectivity index (χ0) is 21.4. The summed E-state index contributed by atoms with van der Waals surface area (Å²) in [5, 5.41) is 14.3. The molecule has 0 saturated heterocycles. The highest BCUT2D eigenvalue weighted by atomic mass is 35.5. The van der Waals surface area contributed by atoms with Crippen molar-refractivity contribution in [1.29, 1.82) is 0 Å². The number of benzene rings is 1. The summed E-state index contributed by atoms with van der Waals surface area (Å²) in [4.78, 5) is 2.35. The predicted molar refractivity (Wildman–Crippen MR) is 118 cm³/mol. The van der Waals surface area contributed by atoms with E-state index in [0.29, 0.717) is 18.4 Å². The Morgan fingerprint density at radius 1 is 1.10 bits per heavy atom. The van der Waals surface area contributed by atoms with Gasteiger partial charge in [-0.25, -0.2) is 0 Å². The molecule has 0 unspecified atom stereocenters. The molecule has 5 rings (SSSR count). The molecule has 1 aliphatic carbocycles. The van der Waals surface area contributed by atoms with E-state index in [4.69, 9.17) is 20.9 Å². The van der Waals surface area contributed by atoms with Crippen molar-refractivity contribution >= 4 is 11.6 Å². The molecule has 0 spiro atoms. The van der Waals surface area contributed by atoms with Gasteiger partial charge in [0.1, 0.15) is 11.6 Å². The summed E-state index contributed by atoms with van der Waals surface area (Å²) in [5.74, 6) is 3.80. The van der Waals surface area contributed by atoms with E-state index >= 15 is 0 Å². The van der Waals surface area contributed by atoms with Crippen LogP contribution in [0.25, 0.3) is 5.69 Å². The maximum Gasteiger partial charge on any atom is 0.151 e. The summed E-state index contributed by atoms with van der Waals surface area (Å²) < 4.78 is 12.9. The van der Waals surface area contributed by atoms with Crippen LogP contribution in [0.2, 0.25) is 5.02 Å². The summed E-state index contributed by atoms with van der Waals surface area (Å²) >= 11 is 6.35. The van der Waals surface area contributed by atoms with Gasteiger partial charge in [-0.1, -0.05) is 16.8 Å². The second-order valence-corrected chi connectivity index (χ2v) is 9.13. The first kappa shape index (κ1) is 20.7. The number of nitrogens with zero attached hydrogens (tertiary/aromatic N) is 5. The largest absolute Gasteiger partial charge is 0.383 e. The van der Waals surface area contributed by atoms with Gasteiger partial charge in [0.05, 0.1) is 24.5 Å². The van der Waals surface area contributed by atoms with Gasteiger partial charge in [0.25, 0.3) is 0 Å². The number of hydrogen-bond acceptors (Lipinski definition) is 6. The molecule has 0 amide bonds. The SMILES string of the molecule is COCCN1Cc2cc(Cl)ccc2-n2c(nnc2[C@H]2CC[C@H](c3cc(C)on3)CC2)C1. The fourth-order valence-corrected chi connectivity index (χ4v) is 5.15. The van der Waals surface area contributed by atoms with Crippen molar-refractivity contribution < 1.29 is 9.26 Å². The van der Waals surface area contributed by atoms with Crippen molar-refractivity contribution in [3.05, 3.63) is 58.0 Å². The van der Waals surface area contributed by atoms with Crippen LogP contribution in [0.4, 0.5) is 0 Å². The van der Waals surface area contributed by atoms with Gasteiger partial charge in [-0.3, -0.25) is 9.47 Å². The minimum atomic E-state index is 0.388. The van der Waals surface area contributed by atoms with Gasteiger partial charge < -0.3 is 9.26 Å². The van der Waals surface area contributed by atoms with Crippen molar-refractivity contribution in [3.63, 3.8) is 0 Å². The molecule has 164 valence electrons. The third-order valence-corrected chi connectivity index (χ3v) is 6.80. The van der Waals surface area contributed by atoms with E-state index in [1.165, 1.54) is 5.56 Å². The fourth-order valence-electron chi connectivity index (χ4n) is 4.96. The molecule has 0 bridgehead atoms. The lowest BCUT2D eigenvalue weighted by molar-refractivity contribution is 0.139. The van der Waals surface area contributed by atoms with Crippen LogP contribution < -0.4 is 0 Å². The van der Waals surface area contributed by atoms with E-state index in [-0.39, 0.29) is 0 Å². The van der Waals surface area contributed by atoms with Gasteiger partial charge in [0.2, 0.25) is 0 Å². The highest BCUT2D eigenvalue weighted by molar-refractivity contribution is 6.30. The average Bonchev–Trinajstić information content (AvgIpc) is 3.35. The smallest absolute Gasteiger partial charge is 0.151 e. The minimum absolute atomic E-state index is 0.388.